The van der Waals surface area contributed by atoms with E-state index < -0.39 is 5.82 Å². The Morgan fingerprint density at radius 2 is 1.81 bits per heavy atom. The van der Waals surface area contributed by atoms with Crippen molar-refractivity contribution >= 4 is 28.6 Å². The van der Waals surface area contributed by atoms with Gasteiger partial charge in [0.05, 0.1) is 5.39 Å². The lowest BCUT2D eigenvalue weighted by atomic mass is 9.88. The molecule has 3 heterocycles. The highest BCUT2D eigenvalue weighted by Gasteiger charge is 2.30. The van der Waals surface area contributed by atoms with Gasteiger partial charge in [-0.05, 0) is 49.1 Å². The fourth-order valence-corrected chi connectivity index (χ4v) is 5.33. The smallest absolute Gasteiger partial charge is 0.267 e. The molecule has 2 amide bonds. The van der Waals surface area contributed by atoms with Crippen LogP contribution in [-0.4, -0.2) is 63.5 Å². The number of aromatic nitrogens is 2. The van der Waals surface area contributed by atoms with Gasteiger partial charge >= 0.3 is 0 Å². The van der Waals surface area contributed by atoms with Crippen molar-refractivity contribution in [3.05, 3.63) is 53.6 Å². The van der Waals surface area contributed by atoms with E-state index in [2.05, 4.69) is 9.97 Å². The molecule has 194 valence electrons. The maximum absolute atomic E-state index is 14.9. The third-order valence-corrected chi connectivity index (χ3v) is 7.42. The van der Waals surface area contributed by atoms with E-state index in [0.717, 1.165) is 36.6 Å². The minimum absolute atomic E-state index is 0.0215. The topological polar surface area (TPSA) is 102 Å². The third kappa shape index (κ3) is 5.35. The highest BCUT2D eigenvalue weighted by Crippen LogP contribution is 2.32. The largest absolute Gasteiger partial charge is 0.453 e. The molecule has 2 aliphatic rings. The van der Waals surface area contributed by atoms with E-state index in [1.807, 2.05) is 18.0 Å². The molecule has 2 fully saturated rings. The molecule has 2 N–H and O–H groups in total. The zero-order valence-corrected chi connectivity index (χ0v) is 21.1. The number of carbonyl (C=O) groups excluding carboxylic acids is 2. The molecule has 1 saturated carbocycles. The predicted molar refractivity (Wildman–Crippen MR) is 138 cm³/mol. The van der Waals surface area contributed by atoms with Gasteiger partial charge < -0.3 is 19.5 Å². The number of benzene rings is 1. The van der Waals surface area contributed by atoms with Gasteiger partial charge in [-0.1, -0.05) is 25.3 Å². The van der Waals surface area contributed by atoms with Crippen LogP contribution in [0.5, 0.6) is 11.5 Å². The second-order valence-corrected chi connectivity index (χ2v) is 9.98. The number of ether oxygens (including phenoxy) is 1. The summed E-state index contributed by atoms with van der Waals surface area (Å²) in [5.74, 6) is -0.0437. The van der Waals surface area contributed by atoms with E-state index in [1.165, 1.54) is 18.6 Å². The Morgan fingerprint density at radius 1 is 1.08 bits per heavy atom. The molecule has 3 aromatic rings. The van der Waals surface area contributed by atoms with E-state index in [1.54, 1.807) is 23.2 Å². The highest BCUT2D eigenvalue weighted by atomic mass is 19.1. The summed E-state index contributed by atoms with van der Waals surface area (Å²) in [6, 6.07) is 6.18. The number of piperazine rings is 1. The molecule has 0 spiro atoms. The lowest BCUT2D eigenvalue weighted by Gasteiger charge is -2.37. The molecule has 9 heteroatoms. The average molecular weight is 506 g/mol. The van der Waals surface area contributed by atoms with Gasteiger partial charge in [-0.3, -0.25) is 15.0 Å². The molecular weight excluding hydrogens is 473 g/mol. The molecule has 1 aliphatic carbocycles. The molecule has 1 aliphatic heterocycles. The number of aromatic amines is 1. The van der Waals surface area contributed by atoms with Crippen LogP contribution in [0.25, 0.3) is 11.0 Å². The van der Waals surface area contributed by atoms with Gasteiger partial charge in [0.15, 0.2) is 11.6 Å². The molecule has 1 aromatic carbocycles. The minimum atomic E-state index is -0.564. The summed E-state index contributed by atoms with van der Waals surface area (Å²) in [6.07, 6.45) is 8.78. The van der Waals surface area contributed by atoms with Crippen molar-refractivity contribution in [3.8, 4) is 11.5 Å². The molecule has 0 unspecified atom stereocenters. The zero-order valence-electron chi connectivity index (χ0n) is 21.1. The number of amides is 2. The Morgan fingerprint density at radius 3 is 2.54 bits per heavy atom. The van der Waals surface area contributed by atoms with Gasteiger partial charge in [0.25, 0.3) is 5.91 Å². The highest BCUT2D eigenvalue weighted by molar-refractivity contribution is 6.37. The van der Waals surface area contributed by atoms with Gasteiger partial charge in [-0.2, -0.15) is 0 Å². The monoisotopic (exact) mass is 505 g/mol. The van der Waals surface area contributed by atoms with E-state index in [4.69, 9.17) is 10.1 Å². The maximum atomic E-state index is 14.9. The van der Waals surface area contributed by atoms with Gasteiger partial charge in [-0.15, -0.1) is 0 Å². The fourth-order valence-electron chi connectivity index (χ4n) is 5.33. The zero-order chi connectivity index (χ0) is 25.9. The van der Waals surface area contributed by atoms with Gasteiger partial charge in [0.1, 0.15) is 17.1 Å². The molecular formula is C28H32FN5O3. The van der Waals surface area contributed by atoms with Crippen LogP contribution in [0, 0.1) is 24.1 Å². The number of nitrogens with zero attached hydrogens (tertiary/aromatic N) is 3. The summed E-state index contributed by atoms with van der Waals surface area (Å²) in [4.78, 5) is 36.4. The van der Waals surface area contributed by atoms with Gasteiger partial charge in [0, 0.05) is 50.9 Å². The first kappa shape index (κ1) is 24.9. The van der Waals surface area contributed by atoms with Gasteiger partial charge in [0.2, 0.25) is 5.91 Å². The van der Waals surface area contributed by atoms with E-state index in [-0.39, 0.29) is 35.6 Å². The summed E-state index contributed by atoms with van der Waals surface area (Å²) in [5.41, 5.74) is 2.03. The van der Waals surface area contributed by atoms with Crippen molar-refractivity contribution in [2.24, 2.45) is 5.92 Å². The number of fused-ring (bicyclic) bond motifs is 1. The van der Waals surface area contributed by atoms with E-state index >= 15 is 0 Å². The van der Waals surface area contributed by atoms with Crippen LogP contribution in [0.2, 0.25) is 0 Å². The number of H-pyrrole nitrogens is 1. The molecule has 2 aromatic heterocycles. The Balaban J connectivity index is 1.17. The van der Waals surface area contributed by atoms with Crippen molar-refractivity contribution < 1.29 is 18.7 Å². The van der Waals surface area contributed by atoms with Crippen LogP contribution in [0.1, 0.15) is 43.2 Å². The number of hydrogen-bond acceptors (Lipinski definition) is 5. The molecule has 1 saturated heterocycles. The number of nitrogens with one attached hydrogen (secondary N) is 2. The molecule has 0 bridgehead atoms. The van der Waals surface area contributed by atoms with Crippen LogP contribution in [0.3, 0.4) is 0 Å². The van der Waals surface area contributed by atoms with E-state index in [0.29, 0.717) is 43.1 Å². The van der Waals surface area contributed by atoms with Gasteiger partial charge in [-0.25, -0.2) is 9.37 Å². The quantitative estimate of drug-likeness (QED) is 0.478. The van der Waals surface area contributed by atoms with Crippen LogP contribution in [-0.2, 0) is 16.0 Å². The number of aryl methyl sites for hydroxylation is 1. The average Bonchev–Trinajstić information content (AvgIpc) is 3.31. The molecule has 8 nitrogen and oxygen atoms in total. The fraction of sp³-hybridized carbons (Fsp3) is 0.429. The second kappa shape index (κ2) is 10.7. The van der Waals surface area contributed by atoms with Crippen LogP contribution in [0.4, 0.5) is 4.39 Å². The summed E-state index contributed by atoms with van der Waals surface area (Å²) in [6.45, 7) is 3.75. The number of rotatable bonds is 6. The lowest BCUT2D eigenvalue weighted by Crippen LogP contribution is -2.53. The summed E-state index contributed by atoms with van der Waals surface area (Å²) >= 11 is 0. The molecule has 37 heavy (non-hydrogen) atoms. The first-order valence-corrected chi connectivity index (χ1v) is 12.9. The summed E-state index contributed by atoms with van der Waals surface area (Å²) < 4.78 is 20.7. The molecule has 0 atom stereocenters. The minimum Gasteiger partial charge on any atom is -0.453 e. The first-order chi connectivity index (χ1) is 17.9. The van der Waals surface area contributed by atoms with Crippen molar-refractivity contribution in [1.82, 2.24) is 19.8 Å². The summed E-state index contributed by atoms with van der Waals surface area (Å²) in [7, 11) is 0. The maximum Gasteiger partial charge on any atom is 0.267 e. The number of hydrogen-bond donors (Lipinski definition) is 2. The standard InChI is InChI=1S/C28H32FN5O3/c1-18-17-32-26-25(18)24(9-10-31-26)37-23-8-7-19(15-21(23)29)16-22(30)28(36)34-13-11-33(12-14-34)27(35)20-5-3-2-4-6-20/h7-10,15,17,20,30H,2-6,11-14,16H2,1H3,(H,31,32). The van der Waals surface area contributed by atoms with Crippen molar-refractivity contribution in [3.63, 3.8) is 0 Å². The predicted octanol–water partition coefficient (Wildman–Crippen LogP) is 4.62. The Hall–Kier alpha value is -3.75. The SMILES string of the molecule is Cc1c[nH]c2nccc(Oc3ccc(CC(=N)C(=O)N4CCN(C(=O)C5CCCCC5)CC4)cc3F)c12. The van der Waals surface area contributed by atoms with Crippen molar-refractivity contribution in [2.75, 3.05) is 26.2 Å². The van der Waals surface area contributed by atoms with Crippen LogP contribution in [0.15, 0.2) is 36.7 Å². The number of halogens is 1. The first-order valence-electron chi connectivity index (χ1n) is 12.9. The second-order valence-electron chi connectivity index (χ2n) is 9.98. The van der Waals surface area contributed by atoms with Crippen molar-refractivity contribution in [1.29, 1.82) is 5.41 Å². The van der Waals surface area contributed by atoms with E-state index in [9.17, 15) is 14.0 Å². The van der Waals surface area contributed by atoms with Crippen molar-refractivity contribution in [2.45, 2.75) is 45.4 Å². The van der Waals surface area contributed by atoms with Crippen LogP contribution < -0.4 is 4.74 Å². The molecule has 5 rings (SSSR count). The Bertz CT molecular complexity index is 1320. The normalized spacial score (nSPS) is 16.7. The van der Waals surface area contributed by atoms with Crippen LogP contribution >= 0.6 is 0 Å². The Kier molecular flexibility index (Phi) is 7.21. The Labute approximate surface area is 215 Å². The summed E-state index contributed by atoms with van der Waals surface area (Å²) in [5, 5.41) is 9.12. The number of carbonyl (C=O) groups is 2. The lowest BCUT2D eigenvalue weighted by molar-refractivity contribution is -0.140. The third-order valence-electron chi connectivity index (χ3n) is 7.42. The molecule has 0 radical (unpaired) electrons. The number of pyridine rings is 1.